The summed E-state index contributed by atoms with van der Waals surface area (Å²) in [5.41, 5.74) is 3.59. The first-order chi connectivity index (χ1) is 18.3. The van der Waals surface area contributed by atoms with E-state index >= 15 is 0 Å². The van der Waals surface area contributed by atoms with Crippen LogP contribution in [0.25, 0.3) is 22.1 Å². The summed E-state index contributed by atoms with van der Waals surface area (Å²) in [5, 5.41) is 0. The predicted octanol–water partition coefficient (Wildman–Crippen LogP) is 5.15. The Balaban J connectivity index is 1.25. The van der Waals surface area contributed by atoms with Crippen molar-refractivity contribution in [3.63, 3.8) is 0 Å². The van der Waals surface area contributed by atoms with Crippen molar-refractivity contribution in [2.75, 3.05) is 31.1 Å². The second-order valence-corrected chi connectivity index (χ2v) is 9.90. The topological polar surface area (TPSA) is 70.1 Å². The Morgan fingerprint density at radius 3 is 2.47 bits per heavy atom. The maximum Gasteiger partial charge on any atom is 0.254 e. The molecule has 1 aliphatic rings. The fourth-order valence-corrected chi connectivity index (χ4v) is 5.29. The molecule has 7 nitrogen and oxygen atoms in total. The maximum atomic E-state index is 14.6. The summed E-state index contributed by atoms with van der Waals surface area (Å²) in [6.07, 6.45) is 0. The molecule has 5 aromatic rings. The number of nitrogens with zero attached hydrogens (tertiary/aromatic N) is 5. The molecular formula is C29H28F2N6O. The van der Waals surface area contributed by atoms with Crippen LogP contribution >= 0.6 is 0 Å². The molecule has 0 spiro atoms. The van der Waals surface area contributed by atoms with Crippen molar-refractivity contribution in [3.8, 4) is 0 Å². The zero-order valence-electron chi connectivity index (χ0n) is 21.5. The maximum absolute atomic E-state index is 14.6. The number of aromatic nitrogens is 4. The van der Waals surface area contributed by atoms with Gasteiger partial charge < -0.3 is 19.4 Å². The van der Waals surface area contributed by atoms with Gasteiger partial charge in [0.15, 0.2) is 11.6 Å². The summed E-state index contributed by atoms with van der Waals surface area (Å²) in [7, 11) is 1.88. The molecule has 194 valence electrons. The minimum atomic E-state index is -0.564. The van der Waals surface area contributed by atoms with Crippen molar-refractivity contribution in [2.45, 2.75) is 19.8 Å². The Morgan fingerprint density at radius 1 is 1.00 bits per heavy atom. The molecule has 9 heteroatoms. The predicted molar refractivity (Wildman–Crippen MR) is 144 cm³/mol. The van der Waals surface area contributed by atoms with Gasteiger partial charge in [-0.2, -0.15) is 0 Å². The third kappa shape index (κ3) is 3.98. The number of hydrogen-bond acceptors (Lipinski definition) is 4. The van der Waals surface area contributed by atoms with E-state index in [0.717, 1.165) is 30.2 Å². The summed E-state index contributed by atoms with van der Waals surface area (Å²) < 4.78 is 30.9. The zero-order chi connectivity index (χ0) is 26.6. The van der Waals surface area contributed by atoms with Gasteiger partial charge in [0.05, 0.1) is 17.0 Å². The lowest BCUT2D eigenvalue weighted by atomic mass is 10.1. The summed E-state index contributed by atoms with van der Waals surface area (Å²) >= 11 is 0. The van der Waals surface area contributed by atoms with E-state index in [1.165, 1.54) is 12.6 Å². The molecule has 1 fully saturated rings. The largest absolute Gasteiger partial charge is 0.368 e. The van der Waals surface area contributed by atoms with Gasteiger partial charge in [-0.15, -0.1) is 0 Å². The molecule has 0 radical (unpaired) electrons. The molecule has 38 heavy (non-hydrogen) atoms. The minimum Gasteiger partial charge on any atom is -0.368 e. The van der Waals surface area contributed by atoms with Gasteiger partial charge in [0.25, 0.3) is 5.91 Å². The van der Waals surface area contributed by atoms with Crippen LogP contribution in [0.4, 0.5) is 14.5 Å². The van der Waals surface area contributed by atoms with Crippen LogP contribution in [-0.2, 0) is 7.05 Å². The zero-order valence-corrected chi connectivity index (χ0v) is 21.5. The third-order valence-electron chi connectivity index (χ3n) is 7.51. The second kappa shape index (κ2) is 9.24. The highest BCUT2D eigenvalue weighted by Crippen LogP contribution is 2.29. The second-order valence-electron chi connectivity index (χ2n) is 9.90. The average molecular weight is 515 g/mol. The molecule has 2 aromatic heterocycles. The van der Waals surface area contributed by atoms with Crippen LogP contribution in [-0.4, -0.2) is 56.5 Å². The molecule has 0 bridgehead atoms. The molecule has 3 heterocycles. The van der Waals surface area contributed by atoms with E-state index in [1.54, 1.807) is 0 Å². The molecule has 0 saturated carbocycles. The smallest absolute Gasteiger partial charge is 0.254 e. The number of anilines is 1. The molecule has 3 aromatic carbocycles. The number of piperazine rings is 1. The number of halogens is 2. The van der Waals surface area contributed by atoms with Gasteiger partial charge >= 0.3 is 0 Å². The Labute approximate surface area is 218 Å². The first kappa shape index (κ1) is 24.1. The SMILES string of the molecule is Cc1cc(F)c2nc(C(C)c3nc4ccc(C(=O)N5CCN(c6ccccc6)CC5)cc4n3C)[nH]c2c1F. The third-order valence-corrected chi connectivity index (χ3v) is 7.51. The van der Waals surface area contributed by atoms with Crippen molar-refractivity contribution in [1.82, 2.24) is 24.4 Å². The number of benzene rings is 3. The van der Waals surface area contributed by atoms with Gasteiger partial charge in [-0.3, -0.25) is 4.79 Å². The highest BCUT2D eigenvalue weighted by atomic mass is 19.1. The number of para-hydroxylation sites is 1. The number of carbonyl (C=O) groups is 1. The Hall–Kier alpha value is -4.27. The van der Waals surface area contributed by atoms with E-state index < -0.39 is 11.6 Å². The van der Waals surface area contributed by atoms with E-state index in [1.807, 2.05) is 59.8 Å². The number of fused-ring (bicyclic) bond motifs is 2. The average Bonchev–Trinajstić information content (AvgIpc) is 3.54. The molecule has 1 atom stereocenters. The van der Waals surface area contributed by atoms with Gasteiger partial charge in [-0.1, -0.05) is 18.2 Å². The summed E-state index contributed by atoms with van der Waals surface area (Å²) in [5.74, 6) is -0.332. The van der Waals surface area contributed by atoms with Crippen molar-refractivity contribution in [2.24, 2.45) is 7.05 Å². The number of nitrogens with one attached hydrogen (secondary N) is 1. The van der Waals surface area contributed by atoms with Gasteiger partial charge in [0.2, 0.25) is 0 Å². The highest BCUT2D eigenvalue weighted by molar-refractivity contribution is 5.97. The molecule has 1 N–H and O–H groups in total. The fourth-order valence-electron chi connectivity index (χ4n) is 5.29. The van der Waals surface area contributed by atoms with Crippen LogP contribution in [0, 0.1) is 18.6 Å². The lowest BCUT2D eigenvalue weighted by Gasteiger charge is -2.36. The van der Waals surface area contributed by atoms with Crippen LogP contribution in [0.5, 0.6) is 0 Å². The van der Waals surface area contributed by atoms with Gasteiger partial charge in [0.1, 0.15) is 22.7 Å². The fraction of sp³-hybridized carbons (Fsp3) is 0.276. The number of aryl methyl sites for hydroxylation is 2. The quantitative estimate of drug-likeness (QED) is 0.360. The summed E-state index contributed by atoms with van der Waals surface area (Å²) in [6.45, 7) is 6.28. The Morgan fingerprint density at radius 2 is 1.74 bits per heavy atom. The number of carbonyl (C=O) groups excluding carboxylic acids is 1. The first-order valence-corrected chi connectivity index (χ1v) is 12.7. The van der Waals surface area contributed by atoms with Crippen LogP contribution in [0.3, 0.4) is 0 Å². The molecule has 1 saturated heterocycles. The lowest BCUT2D eigenvalue weighted by Crippen LogP contribution is -2.48. The molecular weight excluding hydrogens is 486 g/mol. The molecule has 0 aliphatic carbocycles. The van der Waals surface area contributed by atoms with Crippen molar-refractivity contribution in [3.05, 3.63) is 89.0 Å². The molecule has 1 aliphatic heterocycles. The highest BCUT2D eigenvalue weighted by Gasteiger charge is 2.25. The van der Waals surface area contributed by atoms with Crippen molar-refractivity contribution >= 4 is 33.7 Å². The van der Waals surface area contributed by atoms with Gasteiger partial charge in [-0.05, 0) is 55.8 Å². The van der Waals surface area contributed by atoms with E-state index in [-0.39, 0.29) is 28.4 Å². The lowest BCUT2D eigenvalue weighted by molar-refractivity contribution is 0.0747. The Kier molecular flexibility index (Phi) is 5.86. The number of amides is 1. The van der Waals surface area contributed by atoms with Crippen molar-refractivity contribution in [1.29, 1.82) is 0 Å². The number of imidazole rings is 2. The molecule has 6 rings (SSSR count). The number of aromatic amines is 1. The van der Waals surface area contributed by atoms with Crippen molar-refractivity contribution < 1.29 is 13.6 Å². The number of rotatable bonds is 4. The van der Waals surface area contributed by atoms with E-state index in [9.17, 15) is 13.6 Å². The van der Waals surface area contributed by atoms with Crippen LogP contribution in [0.1, 0.15) is 40.4 Å². The van der Waals surface area contributed by atoms with Gasteiger partial charge in [0, 0.05) is 44.5 Å². The summed E-state index contributed by atoms with van der Waals surface area (Å²) in [4.78, 5) is 29.6. The van der Waals surface area contributed by atoms with Crippen LogP contribution in [0.2, 0.25) is 0 Å². The number of H-pyrrole nitrogens is 1. The molecule has 1 unspecified atom stereocenters. The van der Waals surface area contributed by atoms with E-state index in [0.29, 0.717) is 30.3 Å². The van der Waals surface area contributed by atoms with Crippen LogP contribution < -0.4 is 4.90 Å². The van der Waals surface area contributed by atoms with E-state index in [2.05, 4.69) is 27.0 Å². The standard InChI is InChI=1S/C29H28F2N6O/c1-17-15-21(30)25-26(24(17)31)34-27(33-25)18(2)28-32-22-10-9-19(16-23(22)35(28)3)29(38)37-13-11-36(12-14-37)20-7-5-4-6-8-20/h4-10,15-16,18H,11-14H2,1-3H3,(H,33,34). The molecule has 1 amide bonds. The van der Waals surface area contributed by atoms with E-state index in [4.69, 9.17) is 4.98 Å². The number of hydrogen-bond donors (Lipinski definition) is 1. The minimum absolute atomic E-state index is 0.00554. The normalized spacial score (nSPS) is 15.0. The Bertz CT molecular complexity index is 1670. The monoisotopic (exact) mass is 514 g/mol. The summed E-state index contributed by atoms with van der Waals surface area (Å²) in [6, 6.07) is 16.9. The van der Waals surface area contributed by atoms with Crippen LogP contribution in [0.15, 0.2) is 54.6 Å². The first-order valence-electron chi connectivity index (χ1n) is 12.7. The van der Waals surface area contributed by atoms with Gasteiger partial charge in [-0.25, -0.2) is 18.7 Å².